The molecule has 0 fully saturated rings. The van der Waals surface area contributed by atoms with Crippen molar-refractivity contribution in [2.75, 3.05) is 13.7 Å². The number of ether oxygens (including phenoxy) is 2. The summed E-state index contributed by atoms with van der Waals surface area (Å²) in [4.78, 5) is 7.63. The van der Waals surface area contributed by atoms with Gasteiger partial charge in [0, 0.05) is 29.7 Å². The highest BCUT2D eigenvalue weighted by Gasteiger charge is 2.11. The summed E-state index contributed by atoms with van der Waals surface area (Å²) in [6, 6.07) is 1.60. The van der Waals surface area contributed by atoms with Crippen molar-refractivity contribution >= 4 is 0 Å². The third kappa shape index (κ3) is 6.60. The molecule has 0 bridgehead atoms. The van der Waals surface area contributed by atoms with E-state index >= 15 is 0 Å². The number of rotatable bonds is 6. The number of hydrogen-bond donors (Lipinski definition) is 0. The van der Waals surface area contributed by atoms with E-state index in [9.17, 15) is 13.2 Å². The van der Waals surface area contributed by atoms with Gasteiger partial charge in [-0.3, -0.25) is 9.97 Å². The lowest BCUT2D eigenvalue weighted by molar-refractivity contribution is 0.0814. The highest BCUT2D eigenvalue weighted by atomic mass is 19.3. The van der Waals surface area contributed by atoms with E-state index in [2.05, 4.69) is 9.97 Å². The Balaban J connectivity index is 0.000000251. The number of pyridine rings is 2. The molecule has 138 valence electrons. The Morgan fingerprint density at radius 3 is 2.36 bits per heavy atom. The second kappa shape index (κ2) is 10.5. The van der Waals surface area contributed by atoms with Gasteiger partial charge in [-0.15, -0.1) is 0 Å². The number of halogens is 3. The van der Waals surface area contributed by atoms with Gasteiger partial charge in [0.25, 0.3) is 6.43 Å². The maximum absolute atomic E-state index is 13.0. The summed E-state index contributed by atoms with van der Waals surface area (Å²) < 4.78 is 46.5. The van der Waals surface area contributed by atoms with Crippen molar-refractivity contribution in [1.29, 1.82) is 0 Å². The summed E-state index contributed by atoms with van der Waals surface area (Å²) in [5, 5.41) is 0. The van der Waals surface area contributed by atoms with Gasteiger partial charge in [-0.2, -0.15) is 0 Å². The third-order valence-electron chi connectivity index (χ3n) is 3.31. The minimum atomic E-state index is -2.43. The van der Waals surface area contributed by atoms with Crippen molar-refractivity contribution in [2.24, 2.45) is 0 Å². The molecule has 0 atom stereocenters. The zero-order valence-corrected chi connectivity index (χ0v) is 14.8. The quantitative estimate of drug-likeness (QED) is 0.756. The topological polar surface area (TPSA) is 44.2 Å². The van der Waals surface area contributed by atoms with Crippen LogP contribution in [0.3, 0.4) is 0 Å². The van der Waals surface area contributed by atoms with Crippen LogP contribution in [0.25, 0.3) is 0 Å². The maximum atomic E-state index is 13.0. The van der Waals surface area contributed by atoms with Crippen LogP contribution in [0.2, 0.25) is 0 Å². The van der Waals surface area contributed by atoms with Crippen LogP contribution in [0.5, 0.6) is 11.5 Å². The molecule has 0 radical (unpaired) electrons. The first kappa shape index (κ1) is 20.7. The van der Waals surface area contributed by atoms with Crippen molar-refractivity contribution in [3.63, 3.8) is 0 Å². The lowest BCUT2D eigenvalue weighted by Crippen LogP contribution is -2.08. The SMILES string of the molecule is CCc1cnccc1OCC(F)F.COc1c(F)cncc1C(C)C. The van der Waals surface area contributed by atoms with Crippen LogP contribution in [0.1, 0.15) is 37.8 Å². The number of aromatic nitrogens is 2. The molecular weight excluding hydrogens is 333 g/mol. The highest BCUT2D eigenvalue weighted by Crippen LogP contribution is 2.27. The Bertz CT molecular complexity index is 652. The smallest absolute Gasteiger partial charge is 0.272 e. The first-order chi connectivity index (χ1) is 11.9. The standard InChI is InChI=1S/C9H11F2NO.C9H12FNO/c1-2-7-5-12-4-3-8(7)13-6-9(10)11;1-6(2)7-4-11-5-8(10)9(7)12-3/h3-5,9H,2,6H2,1H3;4-6H,1-3H3. The van der Waals surface area contributed by atoms with Gasteiger partial charge in [-0.25, -0.2) is 13.2 Å². The van der Waals surface area contributed by atoms with Crippen LogP contribution >= 0.6 is 0 Å². The second-order valence-electron chi connectivity index (χ2n) is 5.44. The second-order valence-corrected chi connectivity index (χ2v) is 5.44. The molecule has 4 nitrogen and oxygen atoms in total. The number of methoxy groups -OCH3 is 1. The first-order valence-corrected chi connectivity index (χ1v) is 7.91. The molecule has 2 rings (SSSR count). The van der Waals surface area contributed by atoms with Crippen LogP contribution in [-0.4, -0.2) is 30.1 Å². The van der Waals surface area contributed by atoms with Gasteiger partial charge in [0.1, 0.15) is 12.4 Å². The Hall–Kier alpha value is -2.31. The molecule has 0 unspecified atom stereocenters. The van der Waals surface area contributed by atoms with Crippen LogP contribution in [0, 0.1) is 5.82 Å². The lowest BCUT2D eigenvalue weighted by Gasteiger charge is -2.10. The van der Waals surface area contributed by atoms with Crippen molar-refractivity contribution in [2.45, 2.75) is 39.5 Å². The lowest BCUT2D eigenvalue weighted by atomic mass is 10.0. The summed E-state index contributed by atoms with van der Waals surface area (Å²) in [5.74, 6) is 0.629. The predicted molar refractivity (Wildman–Crippen MR) is 90.0 cm³/mol. The van der Waals surface area contributed by atoms with Crippen molar-refractivity contribution in [3.8, 4) is 11.5 Å². The van der Waals surface area contributed by atoms with Gasteiger partial charge in [0.05, 0.1) is 13.3 Å². The number of aryl methyl sites for hydroxylation is 1. The van der Waals surface area contributed by atoms with E-state index in [4.69, 9.17) is 9.47 Å². The highest BCUT2D eigenvalue weighted by molar-refractivity contribution is 5.34. The summed E-state index contributed by atoms with van der Waals surface area (Å²) in [7, 11) is 1.46. The predicted octanol–water partition coefficient (Wildman–Crippen LogP) is 4.64. The third-order valence-corrected chi connectivity index (χ3v) is 3.31. The van der Waals surface area contributed by atoms with Gasteiger partial charge < -0.3 is 9.47 Å². The van der Waals surface area contributed by atoms with Crippen LogP contribution in [0.15, 0.2) is 30.9 Å². The molecule has 0 aliphatic rings. The van der Waals surface area contributed by atoms with Gasteiger partial charge in [0.2, 0.25) is 0 Å². The van der Waals surface area contributed by atoms with E-state index < -0.39 is 18.8 Å². The molecule has 0 aliphatic carbocycles. The first-order valence-electron chi connectivity index (χ1n) is 7.91. The minimum Gasteiger partial charge on any atom is -0.493 e. The molecule has 0 aliphatic heterocycles. The van der Waals surface area contributed by atoms with E-state index in [1.165, 1.54) is 13.3 Å². The summed E-state index contributed by atoms with van der Waals surface area (Å²) in [6.45, 7) is 5.31. The summed E-state index contributed by atoms with van der Waals surface area (Å²) >= 11 is 0. The monoisotopic (exact) mass is 356 g/mol. The average Bonchev–Trinajstić information content (AvgIpc) is 2.60. The molecule has 0 N–H and O–H groups in total. The molecular formula is C18H23F3N2O2. The molecule has 0 amide bonds. The molecule has 0 aromatic carbocycles. The van der Waals surface area contributed by atoms with Crippen molar-refractivity contribution < 1.29 is 22.6 Å². The van der Waals surface area contributed by atoms with Crippen LogP contribution in [0.4, 0.5) is 13.2 Å². The molecule has 7 heteroatoms. The zero-order valence-electron chi connectivity index (χ0n) is 14.8. The Kier molecular flexibility index (Phi) is 8.74. The largest absolute Gasteiger partial charge is 0.493 e. The summed E-state index contributed by atoms with van der Waals surface area (Å²) in [5.41, 5.74) is 1.65. The average molecular weight is 356 g/mol. The van der Waals surface area contributed by atoms with Crippen LogP contribution in [-0.2, 0) is 6.42 Å². The zero-order chi connectivity index (χ0) is 18.8. The van der Waals surface area contributed by atoms with Gasteiger partial charge >= 0.3 is 0 Å². The molecule has 25 heavy (non-hydrogen) atoms. The maximum Gasteiger partial charge on any atom is 0.272 e. The van der Waals surface area contributed by atoms with Crippen molar-refractivity contribution in [3.05, 3.63) is 47.8 Å². The fraction of sp³-hybridized carbons (Fsp3) is 0.444. The van der Waals surface area contributed by atoms with Crippen molar-refractivity contribution in [1.82, 2.24) is 9.97 Å². The molecule has 0 saturated heterocycles. The fourth-order valence-corrected chi connectivity index (χ4v) is 2.04. The number of alkyl halides is 2. The number of hydrogen-bond acceptors (Lipinski definition) is 4. The van der Waals surface area contributed by atoms with E-state index in [1.807, 2.05) is 20.8 Å². The normalized spacial score (nSPS) is 10.4. The molecule has 0 saturated carbocycles. The molecule has 2 heterocycles. The molecule has 0 spiro atoms. The Morgan fingerprint density at radius 2 is 1.84 bits per heavy atom. The molecule has 2 aromatic rings. The van der Waals surface area contributed by atoms with E-state index in [1.54, 1.807) is 18.5 Å². The Labute approximate surface area is 146 Å². The number of nitrogens with zero attached hydrogens (tertiary/aromatic N) is 2. The molecule has 2 aromatic heterocycles. The summed E-state index contributed by atoms with van der Waals surface area (Å²) in [6.07, 6.45) is 4.24. The van der Waals surface area contributed by atoms with Gasteiger partial charge in [0.15, 0.2) is 11.6 Å². The van der Waals surface area contributed by atoms with Crippen LogP contribution < -0.4 is 9.47 Å². The van der Waals surface area contributed by atoms with E-state index in [-0.39, 0.29) is 5.92 Å². The fourth-order valence-electron chi connectivity index (χ4n) is 2.04. The Morgan fingerprint density at radius 1 is 1.12 bits per heavy atom. The minimum absolute atomic E-state index is 0.225. The van der Waals surface area contributed by atoms with E-state index in [0.29, 0.717) is 11.5 Å². The van der Waals surface area contributed by atoms with E-state index in [0.717, 1.165) is 23.7 Å². The van der Waals surface area contributed by atoms with Gasteiger partial charge in [-0.1, -0.05) is 20.8 Å². The van der Waals surface area contributed by atoms with Gasteiger partial charge in [-0.05, 0) is 18.4 Å².